The van der Waals surface area contributed by atoms with Crippen LogP contribution in [-0.4, -0.2) is 49.5 Å². The van der Waals surface area contributed by atoms with Gasteiger partial charge in [-0.3, -0.25) is 19.4 Å². The summed E-state index contributed by atoms with van der Waals surface area (Å²) in [5, 5.41) is 4.04. The molecule has 0 atom stereocenters. The Balaban J connectivity index is 2.39. The molecule has 1 aromatic heterocycles. The van der Waals surface area contributed by atoms with E-state index in [9.17, 15) is 14.4 Å². The number of aromatic nitrogens is 3. The third-order valence-electron chi connectivity index (χ3n) is 4.39. The summed E-state index contributed by atoms with van der Waals surface area (Å²) in [6.45, 7) is 6.08. The van der Waals surface area contributed by atoms with Gasteiger partial charge in [0.2, 0.25) is 11.8 Å². The number of nitrogens with zero attached hydrogens (tertiary/aromatic N) is 5. The second kappa shape index (κ2) is 5.86. The number of amides is 4. The molecule has 1 aliphatic rings. The maximum Gasteiger partial charge on any atom is 0.333 e. The van der Waals surface area contributed by atoms with E-state index in [1.165, 1.54) is 13.4 Å². The Morgan fingerprint density at radius 2 is 1.73 bits per heavy atom. The molecule has 0 radical (unpaired) electrons. The van der Waals surface area contributed by atoms with Crippen LogP contribution in [-0.2, 0) is 22.7 Å². The van der Waals surface area contributed by atoms with Crippen LogP contribution in [0.25, 0.3) is 0 Å². The lowest BCUT2D eigenvalue weighted by Crippen LogP contribution is -2.63. The molecule has 0 spiro atoms. The fourth-order valence-electron chi connectivity index (χ4n) is 2.84. The van der Waals surface area contributed by atoms with Crippen LogP contribution in [0.15, 0.2) is 6.33 Å². The summed E-state index contributed by atoms with van der Waals surface area (Å²) < 4.78 is 1.62. The van der Waals surface area contributed by atoms with Gasteiger partial charge in [0, 0.05) is 13.6 Å². The average molecular weight is 307 g/mol. The van der Waals surface area contributed by atoms with Gasteiger partial charge in [0.1, 0.15) is 17.6 Å². The molecule has 22 heavy (non-hydrogen) atoms. The largest absolute Gasteiger partial charge is 0.333 e. The third-order valence-corrected chi connectivity index (χ3v) is 4.39. The van der Waals surface area contributed by atoms with Gasteiger partial charge in [0.25, 0.3) is 0 Å². The Kier molecular flexibility index (Phi) is 4.30. The zero-order valence-corrected chi connectivity index (χ0v) is 13.4. The summed E-state index contributed by atoms with van der Waals surface area (Å²) in [4.78, 5) is 43.8. The Morgan fingerprint density at radius 1 is 1.09 bits per heavy atom. The molecule has 0 aromatic carbocycles. The van der Waals surface area contributed by atoms with Crippen LogP contribution in [0.4, 0.5) is 4.79 Å². The van der Waals surface area contributed by atoms with Gasteiger partial charge in [0.05, 0.1) is 6.54 Å². The van der Waals surface area contributed by atoms with Crippen molar-refractivity contribution >= 4 is 17.8 Å². The van der Waals surface area contributed by atoms with Crippen molar-refractivity contribution in [3.8, 4) is 0 Å². The smallest absolute Gasteiger partial charge is 0.273 e. The van der Waals surface area contributed by atoms with Gasteiger partial charge >= 0.3 is 6.03 Å². The minimum absolute atomic E-state index is 0.0187. The molecule has 0 N–H and O–H groups in total. The summed E-state index contributed by atoms with van der Waals surface area (Å²) in [5.74, 6) is -0.356. The molecule has 1 saturated heterocycles. The molecule has 1 aliphatic heterocycles. The van der Waals surface area contributed by atoms with Gasteiger partial charge in [-0.2, -0.15) is 5.10 Å². The molecule has 0 unspecified atom stereocenters. The SMILES string of the molecule is CCn1ncnc1CN1C(=O)N(C)C(=O)C(CC)(CC)C1=O. The van der Waals surface area contributed by atoms with E-state index in [-0.39, 0.29) is 6.54 Å². The quantitative estimate of drug-likeness (QED) is 0.758. The van der Waals surface area contributed by atoms with Crippen LogP contribution in [0, 0.1) is 5.41 Å². The first kappa shape index (κ1) is 16.1. The maximum atomic E-state index is 12.8. The molecule has 2 heterocycles. The van der Waals surface area contributed by atoms with Crippen LogP contribution in [0.5, 0.6) is 0 Å². The van der Waals surface area contributed by atoms with Crippen LogP contribution >= 0.6 is 0 Å². The standard InChI is InChI=1S/C14H21N5O3/c1-5-14(6-2)11(20)17(4)13(22)18(12(14)21)8-10-15-9-16-19(10)7-3/h9H,5-8H2,1-4H3. The van der Waals surface area contributed by atoms with Crippen molar-refractivity contribution in [3.63, 3.8) is 0 Å². The number of imide groups is 2. The predicted octanol–water partition coefficient (Wildman–Crippen LogP) is 1.02. The van der Waals surface area contributed by atoms with Crippen molar-refractivity contribution < 1.29 is 14.4 Å². The highest BCUT2D eigenvalue weighted by molar-refractivity contribution is 6.18. The molecular weight excluding hydrogens is 286 g/mol. The van der Waals surface area contributed by atoms with Gasteiger partial charge in [-0.1, -0.05) is 13.8 Å². The molecule has 1 aromatic rings. The summed E-state index contributed by atoms with van der Waals surface area (Å²) >= 11 is 0. The number of carbonyl (C=O) groups is 3. The van der Waals surface area contributed by atoms with Crippen LogP contribution < -0.4 is 0 Å². The van der Waals surface area contributed by atoms with E-state index in [0.29, 0.717) is 25.2 Å². The average Bonchev–Trinajstić information content (AvgIpc) is 2.98. The molecule has 0 aliphatic carbocycles. The maximum absolute atomic E-state index is 12.8. The number of rotatable bonds is 5. The fraction of sp³-hybridized carbons (Fsp3) is 0.643. The van der Waals surface area contributed by atoms with Crippen molar-refractivity contribution in [3.05, 3.63) is 12.2 Å². The number of barbiturate groups is 1. The molecule has 120 valence electrons. The molecule has 1 fully saturated rings. The van der Waals surface area contributed by atoms with E-state index in [1.807, 2.05) is 6.92 Å². The molecule has 8 heteroatoms. The molecule has 4 amide bonds. The zero-order valence-electron chi connectivity index (χ0n) is 13.4. The van der Waals surface area contributed by atoms with Gasteiger partial charge in [0.15, 0.2) is 0 Å². The Labute approximate surface area is 129 Å². The first-order valence-electron chi connectivity index (χ1n) is 7.43. The summed E-state index contributed by atoms with van der Waals surface area (Å²) in [6, 6.07) is -0.613. The predicted molar refractivity (Wildman–Crippen MR) is 77.4 cm³/mol. The van der Waals surface area contributed by atoms with Crippen molar-refractivity contribution in [2.45, 2.75) is 46.7 Å². The van der Waals surface area contributed by atoms with Crippen LogP contribution in [0.3, 0.4) is 0 Å². The lowest BCUT2D eigenvalue weighted by atomic mass is 9.78. The minimum atomic E-state index is -1.17. The Morgan fingerprint density at radius 3 is 2.27 bits per heavy atom. The number of urea groups is 1. The van der Waals surface area contributed by atoms with E-state index in [2.05, 4.69) is 10.1 Å². The zero-order chi connectivity index (χ0) is 16.5. The van der Waals surface area contributed by atoms with Crippen molar-refractivity contribution in [1.29, 1.82) is 0 Å². The highest BCUT2D eigenvalue weighted by atomic mass is 16.2. The molecule has 8 nitrogen and oxygen atoms in total. The first-order chi connectivity index (χ1) is 10.4. The second-order valence-corrected chi connectivity index (χ2v) is 5.32. The van der Waals surface area contributed by atoms with E-state index in [0.717, 1.165) is 9.80 Å². The monoisotopic (exact) mass is 307 g/mol. The van der Waals surface area contributed by atoms with E-state index in [1.54, 1.807) is 18.5 Å². The van der Waals surface area contributed by atoms with Crippen molar-refractivity contribution in [2.75, 3.05) is 7.05 Å². The van der Waals surface area contributed by atoms with Gasteiger partial charge in [-0.25, -0.2) is 14.5 Å². The Bertz CT molecular complexity index is 605. The van der Waals surface area contributed by atoms with E-state index < -0.39 is 23.3 Å². The van der Waals surface area contributed by atoms with Crippen LogP contribution in [0.2, 0.25) is 0 Å². The lowest BCUT2D eigenvalue weighted by molar-refractivity contribution is -0.159. The highest BCUT2D eigenvalue weighted by Gasteiger charge is 2.54. The van der Waals surface area contributed by atoms with Crippen molar-refractivity contribution in [2.24, 2.45) is 5.41 Å². The molecule has 0 bridgehead atoms. The van der Waals surface area contributed by atoms with Gasteiger partial charge in [-0.15, -0.1) is 0 Å². The summed E-state index contributed by atoms with van der Waals surface area (Å²) in [6.07, 6.45) is 2.10. The minimum Gasteiger partial charge on any atom is -0.273 e. The third kappa shape index (κ3) is 2.18. The van der Waals surface area contributed by atoms with E-state index >= 15 is 0 Å². The molecular formula is C14H21N5O3. The number of aryl methyl sites for hydroxylation is 1. The number of hydrogen-bond acceptors (Lipinski definition) is 5. The van der Waals surface area contributed by atoms with Gasteiger partial charge < -0.3 is 0 Å². The number of hydrogen-bond donors (Lipinski definition) is 0. The lowest BCUT2D eigenvalue weighted by Gasteiger charge is -2.41. The summed E-state index contributed by atoms with van der Waals surface area (Å²) in [7, 11) is 1.41. The summed E-state index contributed by atoms with van der Waals surface area (Å²) in [5.41, 5.74) is -1.17. The first-order valence-corrected chi connectivity index (χ1v) is 7.43. The highest BCUT2D eigenvalue weighted by Crippen LogP contribution is 2.35. The molecule has 0 saturated carbocycles. The number of carbonyl (C=O) groups excluding carboxylic acids is 3. The second-order valence-electron chi connectivity index (χ2n) is 5.32. The van der Waals surface area contributed by atoms with E-state index in [4.69, 9.17) is 0 Å². The van der Waals surface area contributed by atoms with Crippen molar-refractivity contribution in [1.82, 2.24) is 24.6 Å². The van der Waals surface area contributed by atoms with Gasteiger partial charge in [-0.05, 0) is 19.8 Å². The van der Waals surface area contributed by atoms with Crippen LogP contribution in [0.1, 0.15) is 39.4 Å². The fourth-order valence-corrected chi connectivity index (χ4v) is 2.84. The Hall–Kier alpha value is -2.25. The normalized spacial score (nSPS) is 18.3. The molecule has 2 rings (SSSR count). The topological polar surface area (TPSA) is 88.4 Å².